The van der Waals surface area contributed by atoms with Crippen LogP contribution >= 0.6 is 35.6 Å². The van der Waals surface area contributed by atoms with E-state index in [2.05, 4.69) is 20.4 Å². The summed E-state index contributed by atoms with van der Waals surface area (Å²) in [6.07, 6.45) is 0.956. The van der Waals surface area contributed by atoms with E-state index in [9.17, 15) is 8.78 Å². The van der Waals surface area contributed by atoms with E-state index in [1.165, 1.54) is 12.1 Å². The van der Waals surface area contributed by atoms with E-state index >= 15 is 0 Å². The molecule has 0 saturated carbocycles. The minimum atomic E-state index is -2.87. The average molecular weight is 434 g/mol. The molecule has 0 radical (unpaired) electrons. The monoisotopic (exact) mass is 433 g/mol. The van der Waals surface area contributed by atoms with E-state index in [1.807, 2.05) is 6.92 Å². The van der Waals surface area contributed by atoms with E-state index in [0.29, 0.717) is 16.5 Å². The van der Waals surface area contributed by atoms with Crippen LogP contribution in [0.2, 0.25) is 5.02 Å². The largest absolute Gasteiger partial charge is 0.434 e. The molecule has 0 spiro atoms. The molecule has 1 rings (SSSR count). The van der Waals surface area contributed by atoms with Crippen molar-refractivity contribution < 1.29 is 13.5 Å². The lowest BCUT2D eigenvalue weighted by Gasteiger charge is -2.14. The number of hydrogen-bond acceptors (Lipinski definition) is 2. The molecule has 120 valence electrons. The molecular weight excluding hydrogens is 415 g/mol. The number of rotatable bonds is 6. The van der Waals surface area contributed by atoms with Gasteiger partial charge in [0.1, 0.15) is 5.75 Å². The highest BCUT2D eigenvalue weighted by Gasteiger charge is 2.10. The molecule has 4 nitrogen and oxygen atoms in total. The molecule has 0 saturated heterocycles. The first kappa shape index (κ1) is 20.2. The molecule has 8 heteroatoms. The Labute approximate surface area is 145 Å². The average Bonchev–Trinajstić information content (AvgIpc) is 2.41. The summed E-state index contributed by atoms with van der Waals surface area (Å²) in [5, 5.41) is 6.56. The topological polar surface area (TPSA) is 45.7 Å². The molecule has 0 aliphatic rings. The van der Waals surface area contributed by atoms with Gasteiger partial charge in [0.25, 0.3) is 0 Å². The number of nitrogens with zero attached hydrogens (tertiary/aromatic N) is 1. The summed E-state index contributed by atoms with van der Waals surface area (Å²) in [5.74, 6) is 0.692. The van der Waals surface area contributed by atoms with Crippen LogP contribution in [-0.4, -0.2) is 26.2 Å². The van der Waals surface area contributed by atoms with Crippen LogP contribution in [0.25, 0.3) is 0 Å². The van der Waals surface area contributed by atoms with Gasteiger partial charge in [-0.15, -0.1) is 24.0 Å². The van der Waals surface area contributed by atoms with Gasteiger partial charge in [-0.2, -0.15) is 8.78 Å². The van der Waals surface area contributed by atoms with Crippen LogP contribution in [0.5, 0.6) is 5.75 Å². The molecule has 0 aliphatic heterocycles. The summed E-state index contributed by atoms with van der Waals surface area (Å²) in [6.45, 7) is 0.223. The number of guanidine groups is 1. The summed E-state index contributed by atoms with van der Waals surface area (Å²) in [6, 6.07) is 4.51. The fourth-order valence-electron chi connectivity index (χ4n) is 1.54. The number of halogens is 4. The highest BCUT2D eigenvalue weighted by molar-refractivity contribution is 14.0. The first-order valence-electron chi connectivity index (χ1n) is 6.24. The molecule has 0 amide bonds. The Hall–Kier alpha value is -0.830. The maximum atomic E-state index is 12.3. The zero-order valence-corrected chi connectivity index (χ0v) is 14.9. The van der Waals surface area contributed by atoms with Gasteiger partial charge in [0.2, 0.25) is 0 Å². The van der Waals surface area contributed by atoms with Crippen LogP contribution in [0.1, 0.15) is 18.9 Å². The molecule has 1 aromatic carbocycles. The Morgan fingerprint density at radius 1 is 1.38 bits per heavy atom. The zero-order chi connectivity index (χ0) is 15.0. The van der Waals surface area contributed by atoms with Crippen molar-refractivity contribution in [2.75, 3.05) is 13.6 Å². The van der Waals surface area contributed by atoms with Gasteiger partial charge in [-0.1, -0.05) is 18.5 Å². The fraction of sp³-hybridized carbons (Fsp3) is 0.462. The molecule has 0 heterocycles. The van der Waals surface area contributed by atoms with Gasteiger partial charge in [-0.25, -0.2) is 0 Å². The normalized spacial score (nSPS) is 11.0. The predicted molar refractivity (Wildman–Crippen MR) is 92.0 cm³/mol. The van der Waals surface area contributed by atoms with Crippen LogP contribution in [0.3, 0.4) is 0 Å². The SMILES string of the molecule is CCCNC(=NC)NCc1cc(Cl)ccc1OC(F)F.I. The highest BCUT2D eigenvalue weighted by Crippen LogP contribution is 2.24. The highest BCUT2D eigenvalue weighted by atomic mass is 127. The lowest BCUT2D eigenvalue weighted by Crippen LogP contribution is -2.37. The smallest absolute Gasteiger partial charge is 0.387 e. The number of aliphatic imine (C=N–C) groups is 1. The van der Waals surface area contributed by atoms with Crippen molar-refractivity contribution in [3.05, 3.63) is 28.8 Å². The number of nitrogens with one attached hydrogen (secondary N) is 2. The Morgan fingerprint density at radius 2 is 2.10 bits per heavy atom. The van der Waals surface area contributed by atoms with Crippen molar-refractivity contribution in [2.45, 2.75) is 26.5 Å². The number of alkyl halides is 2. The van der Waals surface area contributed by atoms with E-state index in [1.54, 1.807) is 13.1 Å². The van der Waals surface area contributed by atoms with Crippen LogP contribution in [0.15, 0.2) is 23.2 Å². The van der Waals surface area contributed by atoms with Crippen molar-refractivity contribution in [2.24, 2.45) is 4.99 Å². The lowest BCUT2D eigenvalue weighted by molar-refractivity contribution is -0.0504. The minimum absolute atomic E-state index is 0. The van der Waals surface area contributed by atoms with Crippen LogP contribution in [0.4, 0.5) is 8.78 Å². The lowest BCUT2D eigenvalue weighted by atomic mass is 10.2. The standard InChI is InChI=1S/C13H18ClF2N3O.HI/c1-3-6-18-13(17-2)19-8-9-7-10(14)4-5-11(9)20-12(15)16;/h4-5,7,12H,3,6,8H2,1-2H3,(H2,17,18,19);1H. The first-order valence-corrected chi connectivity index (χ1v) is 6.62. The molecule has 2 N–H and O–H groups in total. The van der Waals surface area contributed by atoms with E-state index in [-0.39, 0.29) is 36.3 Å². The third-order valence-electron chi connectivity index (χ3n) is 2.45. The number of benzene rings is 1. The van der Waals surface area contributed by atoms with E-state index in [0.717, 1.165) is 13.0 Å². The molecule has 1 aromatic rings. The van der Waals surface area contributed by atoms with Crippen molar-refractivity contribution in [3.8, 4) is 5.75 Å². The van der Waals surface area contributed by atoms with Crippen molar-refractivity contribution in [1.29, 1.82) is 0 Å². The molecule has 21 heavy (non-hydrogen) atoms. The second-order valence-corrected chi connectivity index (χ2v) is 4.42. The zero-order valence-electron chi connectivity index (χ0n) is 11.8. The van der Waals surface area contributed by atoms with Gasteiger partial charge in [-0.05, 0) is 24.6 Å². The van der Waals surface area contributed by atoms with Crippen molar-refractivity contribution in [1.82, 2.24) is 10.6 Å². The summed E-state index contributed by atoms with van der Waals surface area (Å²) in [7, 11) is 1.64. The number of ether oxygens (including phenoxy) is 1. The Bertz CT molecular complexity index is 461. The van der Waals surface area contributed by atoms with Crippen LogP contribution in [-0.2, 0) is 6.54 Å². The van der Waals surface area contributed by atoms with Crippen LogP contribution in [0, 0.1) is 0 Å². The van der Waals surface area contributed by atoms with Gasteiger partial charge < -0.3 is 15.4 Å². The predicted octanol–water partition coefficient (Wildman–Crippen LogP) is 3.63. The molecule has 0 bridgehead atoms. The van der Waals surface area contributed by atoms with Gasteiger partial charge >= 0.3 is 6.61 Å². The summed E-state index contributed by atoms with van der Waals surface area (Å²) in [5.41, 5.74) is 0.539. The Balaban J connectivity index is 0.00000400. The maximum Gasteiger partial charge on any atom is 0.387 e. The third kappa shape index (κ3) is 7.66. The molecule has 0 atom stereocenters. The van der Waals surface area contributed by atoms with E-state index in [4.69, 9.17) is 11.6 Å². The second kappa shape index (κ2) is 10.8. The summed E-state index contributed by atoms with van der Waals surface area (Å²) < 4.78 is 29.1. The van der Waals surface area contributed by atoms with Crippen molar-refractivity contribution in [3.63, 3.8) is 0 Å². The van der Waals surface area contributed by atoms with Crippen LogP contribution < -0.4 is 15.4 Å². The number of hydrogen-bond donors (Lipinski definition) is 2. The molecule has 0 aliphatic carbocycles. The summed E-state index contributed by atoms with van der Waals surface area (Å²) in [4.78, 5) is 4.03. The second-order valence-electron chi connectivity index (χ2n) is 3.98. The third-order valence-corrected chi connectivity index (χ3v) is 2.69. The maximum absolute atomic E-state index is 12.3. The Morgan fingerprint density at radius 3 is 2.67 bits per heavy atom. The minimum Gasteiger partial charge on any atom is -0.434 e. The molecule has 0 aromatic heterocycles. The molecule has 0 fully saturated rings. The molecule has 0 unspecified atom stereocenters. The quantitative estimate of drug-likeness (QED) is 0.409. The first-order chi connectivity index (χ1) is 9.56. The fourth-order valence-corrected chi connectivity index (χ4v) is 1.73. The van der Waals surface area contributed by atoms with Gasteiger partial charge in [0.05, 0.1) is 0 Å². The van der Waals surface area contributed by atoms with Crippen molar-refractivity contribution >= 4 is 41.5 Å². The van der Waals surface area contributed by atoms with E-state index < -0.39 is 6.61 Å². The van der Waals surface area contributed by atoms with Gasteiger partial charge in [0, 0.05) is 30.7 Å². The van der Waals surface area contributed by atoms with Gasteiger partial charge in [0.15, 0.2) is 5.96 Å². The Kier molecular flexibility index (Phi) is 10.4. The molecular formula is C13H19ClF2IN3O. The summed E-state index contributed by atoms with van der Waals surface area (Å²) >= 11 is 5.87. The van der Waals surface area contributed by atoms with Gasteiger partial charge in [-0.3, -0.25) is 4.99 Å².